The summed E-state index contributed by atoms with van der Waals surface area (Å²) < 4.78 is 0. The van der Waals surface area contributed by atoms with E-state index >= 15 is 0 Å². The van der Waals surface area contributed by atoms with E-state index in [-0.39, 0.29) is 18.5 Å². The maximum Gasteiger partial charge on any atom is 0.317 e. The molecule has 6 nitrogen and oxygen atoms in total. The zero-order valence-corrected chi connectivity index (χ0v) is 15.6. The van der Waals surface area contributed by atoms with Crippen LogP contribution in [0.2, 0.25) is 0 Å². The van der Waals surface area contributed by atoms with Crippen molar-refractivity contribution >= 4 is 12.5 Å². The van der Waals surface area contributed by atoms with Crippen LogP contribution in [0.25, 0.3) is 0 Å². The van der Waals surface area contributed by atoms with Crippen molar-refractivity contribution < 1.29 is 14.7 Å². The van der Waals surface area contributed by atoms with Gasteiger partial charge in [-0.2, -0.15) is 0 Å². The van der Waals surface area contributed by atoms with Crippen molar-refractivity contribution in [2.45, 2.75) is 38.6 Å². The number of carboxylic acid groups (broad SMARTS) is 1. The lowest BCUT2D eigenvalue weighted by atomic mass is 10.0. The molecule has 1 heterocycles. The zero-order chi connectivity index (χ0) is 18.7. The molecule has 0 spiro atoms. The van der Waals surface area contributed by atoms with Gasteiger partial charge in [-0.3, -0.25) is 4.79 Å². The number of likely N-dealkylation sites (tertiary alicyclic amines) is 1. The van der Waals surface area contributed by atoms with Gasteiger partial charge in [0.05, 0.1) is 6.04 Å². The lowest BCUT2D eigenvalue weighted by Crippen LogP contribution is -2.43. The SMILES string of the molecule is Cc1cccc(C(CNC(=O)N2CCCCCC2)N(C)C)c1.O=CO. The molecule has 0 saturated carbocycles. The van der Waals surface area contributed by atoms with Crippen molar-refractivity contribution in [2.75, 3.05) is 33.7 Å². The van der Waals surface area contributed by atoms with Crippen LogP contribution in [0.1, 0.15) is 42.9 Å². The Balaban J connectivity index is 0.000000970. The topological polar surface area (TPSA) is 72.9 Å². The highest BCUT2D eigenvalue weighted by atomic mass is 16.3. The van der Waals surface area contributed by atoms with Crippen LogP contribution in [0, 0.1) is 6.92 Å². The molecule has 2 amide bonds. The molecule has 0 aromatic heterocycles. The average molecular weight is 349 g/mol. The molecular formula is C19H31N3O3. The molecule has 25 heavy (non-hydrogen) atoms. The maximum absolute atomic E-state index is 12.4. The standard InChI is InChI=1S/C18H29N3O.CH2O2/c1-15-9-8-10-16(13-15)17(20(2)3)14-19-18(22)21-11-6-4-5-7-12-21;2-1-3/h8-10,13,17H,4-7,11-12,14H2,1-3H3,(H,19,22);1H,(H,2,3). The quantitative estimate of drug-likeness (QED) is 0.820. The molecule has 1 fully saturated rings. The molecule has 1 unspecified atom stereocenters. The monoisotopic (exact) mass is 349 g/mol. The number of nitrogens with zero attached hydrogens (tertiary/aromatic N) is 2. The van der Waals surface area contributed by atoms with Gasteiger partial charge in [-0.25, -0.2) is 4.79 Å². The number of amides is 2. The van der Waals surface area contributed by atoms with E-state index < -0.39 is 0 Å². The number of carbonyl (C=O) groups is 2. The average Bonchev–Trinajstić information content (AvgIpc) is 2.85. The number of rotatable bonds is 4. The van der Waals surface area contributed by atoms with Crippen molar-refractivity contribution in [3.8, 4) is 0 Å². The first-order chi connectivity index (χ1) is 12.0. The highest BCUT2D eigenvalue weighted by Crippen LogP contribution is 2.18. The number of hydrogen-bond donors (Lipinski definition) is 2. The van der Waals surface area contributed by atoms with Crippen LogP contribution < -0.4 is 5.32 Å². The molecular weight excluding hydrogens is 318 g/mol. The summed E-state index contributed by atoms with van der Waals surface area (Å²) in [6.45, 7) is 4.28. The predicted molar refractivity (Wildman–Crippen MR) is 99.7 cm³/mol. The lowest BCUT2D eigenvalue weighted by Gasteiger charge is -2.27. The third kappa shape index (κ3) is 7.56. The number of aryl methyl sites for hydroxylation is 1. The molecule has 1 saturated heterocycles. The molecule has 0 radical (unpaired) electrons. The molecule has 140 valence electrons. The van der Waals surface area contributed by atoms with E-state index in [1.54, 1.807) is 0 Å². The van der Waals surface area contributed by atoms with Gasteiger partial charge in [0.15, 0.2) is 0 Å². The first-order valence-corrected chi connectivity index (χ1v) is 8.83. The number of nitrogens with one attached hydrogen (secondary N) is 1. The minimum Gasteiger partial charge on any atom is -0.483 e. The minimum atomic E-state index is -0.250. The van der Waals surface area contributed by atoms with Crippen LogP contribution in [0.3, 0.4) is 0 Å². The Morgan fingerprint density at radius 1 is 1.28 bits per heavy atom. The number of likely N-dealkylation sites (N-methyl/N-ethyl adjacent to an activating group) is 1. The van der Waals surface area contributed by atoms with E-state index in [9.17, 15) is 4.79 Å². The molecule has 1 aromatic carbocycles. The number of urea groups is 1. The fourth-order valence-electron chi connectivity index (χ4n) is 3.05. The van der Waals surface area contributed by atoms with E-state index in [4.69, 9.17) is 9.90 Å². The van der Waals surface area contributed by atoms with E-state index in [1.165, 1.54) is 24.0 Å². The highest BCUT2D eigenvalue weighted by molar-refractivity contribution is 5.74. The highest BCUT2D eigenvalue weighted by Gasteiger charge is 2.19. The van der Waals surface area contributed by atoms with Gasteiger partial charge in [0, 0.05) is 19.6 Å². The van der Waals surface area contributed by atoms with Crippen LogP contribution in [0.5, 0.6) is 0 Å². The third-order valence-corrected chi connectivity index (χ3v) is 4.39. The van der Waals surface area contributed by atoms with Crippen molar-refractivity contribution in [3.05, 3.63) is 35.4 Å². The van der Waals surface area contributed by atoms with E-state index in [0.29, 0.717) is 6.54 Å². The summed E-state index contributed by atoms with van der Waals surface area (Å²) in [5.74, 6) is 0. The summed E-state index contributed by atoms with van der Waals surface area (Å²) in [4.78, 5) is 24.9. The van der Waals surface area contributed by atoms with Gasteiger partial charge in [0.2, 0.25) is 0 Å². The zero-order valence-electron chi connectivity index (χ0n) is 15.6. The van der Waals surface area contributed by atoms with Gasteiger partial charge < -0.3 is 20.2 Å². The van der Waals surface area contributed by atoms with E-state index in [0.717, 1.165) is 25.9 Å². The van der Waals surface area contributed by atoms with Crippen molar-refractivity contribution in [1.82, 2.24) is 15.1 Å². The van der Waals surface area contributed by atoms with Crippen molar-refractivity contribution in [1.29, 1.82) is 0 Å². The molecule has 6 heteroatoms. The van der Waals surface area contributed by atoms with Crippen LogP contribution in [0.15, 0.2) is 24.3 Å². The summed E-state index contributed by atoms with van der Waals surface area (Å²) in [6.07, 6.45) is 4.74. The molecule has 1 aromatic rings. The van der Waals surface area contributed by atoms with Gasteiger partial charge >= 0.3 is 6.03 Å². The smallest absolute Gasteiger partial charge is 0.317 e. The number of carbonyl (C=O) groups excluding carboxylic acids is 1. The molecule has 0 bridgehead atoms. The molecule has 1 aliphatic heterocycles. The minimum absolute atomic E-state index is 0.0846. The largest absolute Gasteiger partial charge is 0.483 e. The summed E-state index contributed by atoms with van der Waals surface area (Å²) in [5.41, 5.74) is 2.50. The Kier molecular flexibility index (Phi) is 9.62. The number of hydrogen-bond acceptors (Lipinski definition) is 3. The molecule has 2 rings (SSSR count). The summed E-state index contributed by atoms with van der Waals surface area (Å²) >= 11 is 0. The maximum atomic E-state index is 12.4. The van der Waals surface area contributed by atoms with Gasteiger partial charge in [0.25, 0.3) is 6.47 Å². The van der Waals surface area contributed by atoms with Gasteiger partial charge in [-0.15, -0.1) is 0 Å². The van der Waals surface area contributed by atoms with Gasteiger partial charge in [-0.05, 0) is 39.4 Å². The fourth-order valence-corrected chi connectivity index (χ4v) is 3.05. The third-order valence-electron chi connectivity index (χ3n) is 4.39. The Labute approximate surface area is 150 Å². The first-order valence-electron chi connectivity index (χ1n) is 8.83. The number of benzene rings is 1. The van der Waals surface area contributed by atoms with Gasteiger partial charge in [0.1, 0.15) is 0 Å². The molecule has 1 aliphatic rings. The van der Waals surface area contributed by atoms with Crippen molar-refractivity contribution in [2.24, 2.45) is 0 Å². The summed E-state index contributed by atoms with van der Waals surface area (Å²) in [7, 11) is 4.12. The van der Waals surface area contributed by atoms with Gasteiger partial charge in [-0.1, -0.05) is 42.7 Å². The normalized spacial score (nSPS) is 15.6. The second kappa shape index (κ2) is 11.5. The molecule has 2 N–H and O–H groups in total. The van der Waals surface area contributed by atoms with E-state index in [2.05, 4.69) is 55.5 Å². The summed E-state index contributed by atoms with van der Waals surface area (Å²) in [5, 5.41) is 10.0. The van der Waals surface area contributed by atoms with Crippen LogP contribution in [0.4, 0.5) is 4.79 Å². The van der Waals surface area contributed by atoms with Crippen LogP contribution >= 0.6 is 0 Å². The first kappa shape index (κ1) is 21.0. The van der Waals surface area contributed by atoms with Crippen LogP contribution in [-0.4, -0.2) is 61.1 Å². The Hall–Kier alpha value is -2.08. The predicted octanol–water partition coefficient (Wildman–Crippen LogP) is 2.88. The second-order valence-corrected chi connectivity index (χ2v) is 6.59. The fraction of sp³-hybridized carbons (Fsp3) is 0.579. The van der Waals surface area contributed by atoms with E-state index in [1.807, 2.05) is 4.90 Å². The molecule has 0 aliphatic carbocycles. The summed E-state index contributed by atoms with van der Waals surface area (Å²) in [6, 6.07) is 8.81. The Morgan fingerprint density at radius 2 is 1.88 bits per heavy atom. The van der Waals surface area contributed by atoms with Crippen molar-refractivity contribution in [3.63, 3.8) is 0 Å². The Morgan fingerprint density at radius 3 is 2.40 bits per heavy atom. The van der Waals surface area contributed by atoms with Crippen LogP contribution in [-0.2, 0) is 4.79 Å². The molecule has 1 atom stereocenters. The second-order valence-electron chi connectivity index (χ2n) is 6.59. The Bertz CT molecular complexity index is 526. The lowest BCUT2D eigenvalue weighted by molar-refractivity contribution is -0.122.